The predicted molar refractivity (Wildman–Crippen MR) is 77.2 cm³/mol. The van der Waals surface area contributed by atoms with Gasteiger partial charge in [-0.05, 0) is 23.9 Å². The van der Waals surface area contributed by atoms with Gasteiger partial charge in [0, 0.05) is 4.88 Å². The van der Waals surface area contributed by atoms with Gasteiger partial charge in [-0.3, -0.25) is 9.69 Å². The Kier molecular flexibility index (Phi) is 3.06. The van der Waals surface area contributed by atoms with Crippen molar-refractivity contribution in [2.45, 2.75) is 19.0 Å². The van der Waals surface area contributed by atoms with Crippen molar-refractivity contribution in [1.29, 1.82) is 0 Å². The Labute approximate surface area is 121 Å². The molecule has 4 nitrogen and oxygen atoms in total. The monoisotopic (exact) mass is 286 g/mol. The fourth-order valence-electron chi connectivity index (χ4n) is 2.34. The zero-order valence-corrected chi connectivity index (χ0v) is 11.8. The fraction of sp³-hybridized carbons (Fsp3) is 0.200. The van der Waals surface area contributed by atoms with Crippen molar-refractivity contribution in [3.05, 3.63) is 58.3 Å². The summed E-state index contributed by atoms with van der Waals surface area (Å²) >= 11 is 1.47. The summed E-state index contributed by atoms with van der Waals surface area (Å²) in [4.78, 5) is 26.8. The summed E-state index contributed by atoms with van der Waals surface area (Å²) in [5.74, 6) is -0.200. The number of carbonyl (C=O) groups excluding carboxylic acids is 2. The van der Waals surface area contributed by atoms with E-state index in [1.807, 2.05) is 47.8 Å². The largest absolute Gasteiger partial charge is 0.325 e. The molecule has 5 heteroatoms. The molecule has 1 saturated heterocycles. The Morgan fingerprint density at radius 3 is 2.55 bits per heavy atom. The lowest BCUT2D eigenvalue weighted by atomic mass is 10.0. The smallest absolute Gasteiger partial charge is 0.319 e. The molecule has 3 rings (SSSR count). The van der Waals surface area contributed by atoms with Crippen LogP contribution < -0.4 is 5.32 Å². The summed E-state index contributed by atoms with van der Waals surface area (Å²) < 4.78 is 0. The van der Waals surface area contributed by atoms with Gasteiger partial charge >= 0.3 is 6.03 Å². The highest BCUT2D eigenvalue weighted by molar-refractivity contribution is 7.10. The van der Waals surface area contributed by atoms with E-state index in [1.165, 1.54) is 16.2 Å². The molecular formula is C15H14N2O2S. The normalized spacial score (nSPS) is 22.1. The van der Waals surface area contributed by atoms with Crippen molar-refractivity contribution in [1.82, 2.24) is 10.2 Å². The van der Waals surface area contributed by atoms with Crippen LogP contribution in [0.4, 0.5) is 4.79 Å². The van der Waals surface area contributed by atoms with E-state index in [9.17, 15) is 9.59 Å². The van der Waals surface area contributed by atoms with Crippen LogP contribution in [0, 0.1) is 0 Å². The molecule has 1 aromatic carbocycles. The van der Waals surface area contributed by atoms with Crippen LogP contribution in [0.2, 0.25) is 0 Å². The zero-order chi connectivity index (χ0) is 14.2. The molecule has 0 spiro atoms. The Morgan fingerprint density at radius 1 is 1.15 bits per heavy atom. The topological polar surface area (TPSA) is 49.4 Å². The molecule has 1 N–H and O–H groups in total. The maximum atomic E-state index is 12.6. The second-order valence-corrected chi connectivity index (χ2v) is 5.86. The van der Waals surface area contributed by atoms with Crippen LogP contribution in [-0.2, 0) is 16.9 Å². The van der Waals surface area contributed by atoms with E-state index < -0.39 is 5.54 Å². The summed E-state index contributed by atoms with van der Waals surface area (Å²) in [6, 6.07) is 12.9. The first-order chi connectivity index (χ1) is 9.61. The highest BCUT2D eigenvalue weighted by atomic mass is 32.1. The maximum Gasteiger partial charge on any atom is 0.325 e. The molecule has 102 valence electrons. The Hall–Kier alpha value is -2.14. The van der Waals surface area contributed by atoms with Gasteiger partial charge in [-0.15, -0.1) is 11.3 Å². The first kappa shape index (κ1) is 12.9. The summed E-state index contributed by atoms with van der Waals surface area (Å²) in [6.45, 7) is 2.05. The van der Waals surface area contributed by atoms with E-state index in [2.05, 4.69) is 5.32 Å². The van der Waals surface area contributed by atoms with Gasteiger partial charge in [-0.2, -0.15) is 0 Å². The number of amides is 3. The molecule has 2 aromatic rings. The average molecular weight is 286 g/mol. The second kappa shape index (κ2) is 4.76. The molecule has 0 bridgehead atoms. The predicted octanol–water partition coefficient (Wildman–Crippen LogP) is 2.72. The quantitative estimate of drug-likeness (QED) is 0.882. The summed E-state index contributed by atoms with van der Waals surface area (Å²) in [7, 11) is 0. The number of rotatable bonds is 3. The molecular weight excluding hydrogens is 272 g/mol. The third-order valence-corrected chi connectivity index (χ3v) is 4.56. The van der Waals surface area contributed by atoms with E-state index in [1.54, 1.807) is 6.92 Å². The van der Waals surface area contributed by atoms with Crippen molar-refractivity contribution < 1.29 is 9.59 Å². The molecule has 20 heavy (non-hydrogen) atoms. The second-order valence-electron chi connectivity index (χ2n) is 4.91. The minimum atomic E-state index is -0.944. The first-order valence-corrected chi connectivity index (χ1v) is 7.21. The zero-order valence-electron chi connectivity index (χ0n) is 11.0. The molecule has 1 aliphatic heterocycles. The number of hydrogen-bond donors (Lipinski definition) is 1. The molecule has 0 radical (unpaired) electrons. The van der Waals surface area contributed by atoms with E-state index in [0.717, 1.165) is 10.4 Å². The fourth-order valence-corrected chi connectivity index (χ4v) is 3.17. The van der Waals surface area contributed by atoms with Crippen LogP contribution in [0.1, 0.15) is 17.4 Å². The molecule has 1 aromatic heterocycles. The number of urea groups is 1. The molecule has 0 aliphatic carbocycles. The summed E-state index contributed by atoms with van der Waals surface area (Å²) in [5, 5.41) is 4.70. The standard InChI is InChI=1S/C15H14N2O2S/c1-15(12-8-5-9-20-12)13(18)17(14(19)16-15)10-11-6-3-2-4-7-11/h2-9H,10H2,1H3,(H,16,19)/t15-/m1/s1. The van der Waals surface area contributed by atoms with Crippen LogP contribution in [-0.4, -0.2) is 16.8 Å². The molecule has 3 amide bonds. The van der Waals surface area contributed by atoms with Gasteiger partial charge < -0.3 is 5.32 Å². The number of imide groups is 1. The van der Waals surface area contributed by atoms with Crippen LogP contribution >= 0.6 is 11.3 Å². The van der Waals surface area contributed by atoms with Gasteiger partial charge in [0.1, 0.15) is 0 Å². The number of nitrogens with one attached hydrogen (secondary N) is 1. The lowest BCUT2D eigenvalue weighted by molar-refractivity contribution is -0.131. The highest BCUT2D eigenvalue weighted by Crippen LogP contribution is 2.32. The van der Waals surface area contributed by atoms with Crippen LogP contribution in [0.25, 0.3) is 0 Å². The van der Waals surface area contributed by atoms with Crippen LogP contribution in [0.5, 0.6) is 0 Å². The Morgan fingerprint density at radius 2 is 1.90 bits per heavy atom. The van der Waals surface area contributed by atoms with Gasteiger partial charge in [0.05, 0.1) is 6.54 Å². The van der Waals surface area contributed by atoms with E-state index in [0.29, 0.717) is 6.54 Å². The van der Waals surface area contributed by atoms with Crippen LogP contribution in [0.15, 0.2) is 47.8 Å². The van der Waals surface area contributed by atoms with Gasteiger partial charge in [0.25, 0.3) is 5.91 Å². The average Bonchev–Trinajstić information content (AvgIpc) is 3.05. The van der Waals surface area contributed by atoms with Gasteiger partial charge in [0.2, 0.25) is 0 Å². The highest BCUT2D eigenvalue weighted by Gasteiger charge is 2.49. The first-order valence-electron chi connectivity index (χ1n) is 6.33. The van der Waals surface area contributed by atoms with Crippen molar-refractivity contribution in [3.8, 4) is 0 Å². The Balaban J connectivity index is 1.88. The summed E-state index contributed by atoms with van der Waals surface area (Å²) in [6.07, 6.45) is 0. The third-order valence-electron chi connectivity index (χ3n) is 3.47. The lowest BCUT2D eigenvalue weighted by Crippen LogP contribution is -2.40. The number of nitrogens with zero attached hydrogens (tertiary/aromatic N) is 1. The molecule has 0 saturated carbocycles. The number of thiophene rings is 1. The number of benzene rings is 1. The van der Waals surface area contributed by atoms with Crippen molar-refractivity contribution in [2.24, 2.45) is 0 Å². The van der Waals surface area contributed by atoms with Crippen molar-refractivity contribution in [2.75, 3.05) is 0 Å². The minimum absolute atomic E-state index is 0.200. The van der Waals surface area contributed by atoms with Gasteiger partial charge in [-0.1, -0.05) is 36.4 Å². The number of carbonyl (C=O) groups is 2. The molecule has 1 aliphatic rings. The maximum absolute atomic E-state index is 12.6. The minimum Gasteiger partial charge on any atom is -0.319 e. The lowest BCUT2D eigenvalue weighted by Gasteiger charge is -2.20. The summed E-state index contributed by atoms with van der Waals surface area (Å²) in [5.41, 5.74) is -0.00791. The third kappa shape index (κ3) is 2.00. The number of hydrogen-bond acceptors (Lipinski definition) is 3. The Bertz CT molecular complexity index is 639. The SMILES string of the molecule is C[C@]1(c2cccs2)NC(=O)N(Cc2ccccc2)C1=O. The molecule has 1 atom stereocenters. The van der Waals surface area contributed by atoms with E-state index in [4.69, 9.17) is 0 Å². The van der Waals surface area contributed by atoms with Crippen molar-refractivity contribution >= 4 is 23.3 Å². The van der Waals surface area contributed by atoms with E-state index in [-0.39, 0.29) is 11.9 Å². The van der Waals surface area contributed by atoms with Crippen LogP contribution in [0.3, 0.4) is 0 Å². The van der Waals surface area contributed by atoms with E-state index >= 15 is 0 Å². The molecule has 1 fully saturated rings. The molecule has 2 heterocycles. The van der Waals surface area contributed by atoms with Crippen molar-refractivity contribution in [3.63, 3.8) is 0 Å². The van der Waals surface area contributed by atoms with Gasteiger partial charge in [0.15, 0.2) is 5.54 Å². The van der Waals surface area contributed by atoms with Gasteiger partial charge in [-0.25, -0.2) is 4.79 Å². The molecule has 0 unspecified atom stereocenters.